The number of para-hydroxylation sites is 1. The lowest BCUT2D eigenvalue weighted by molar-refractivity contribution is -0.125. The first-order valence-corrected chi connectivity index (χ1v) is 9.44. The van der Waals surface area contributed by atoms with Crippen LogP contribution >= 0.6 is 0 Å². The Labute approximate surface area is 168 Å². The number of nitrogens with one attached hydrogen (secondary N) is 3. The maximum absolute atomic E-state index is 12.9. The number of aliphatic hydroxyl groups is 1. The number of amides is 2. The molecule has 2 amide bonds. The van der Waals surface area contributed by atoms with Crippen LogP contribution in [0.15, 0.2) is 42.5 Å². The molecule has 4 N–H and O–H groups in total. The molecule has 2 aliphatic rings. The van der Waals surface area contributed by atoms with Crippen LogP contribution in [-0.4, -0.2) is 49.8 Å². The zero-order valence-corrected chi connectivity index (χ0v) is 16.0. The molecule has 2 atom stereocenters. The van der Waals surface area contributed by atoms with Crippen LogP contribution in [-0.2, 0) is 15.0 Å². The van der Waals surface area contributed by atoms with Crippen molar-refractivity contribution >= 4 is 23.2 Å². The Hall–Kier alpha value is -3.26. The molecule has 29 heavy (non-hydrogen) atoms. The second-order valence-electron chi connectivity index (χ2n) is 7.13. The lowest BCUT2D eigenvalue weighted by Crippen LogP contribution is -2.39. The average molecular weight is 397 g/mol. The van der Waals surface area contributed by atoms with Crippen LogP contribution in [0.2, 0.25) is 0 Å². The van der Waals surface area contributed by atoms with Crippen LogP contribution in [0.4, 0.5) is 11.4 Å². The quantitative estimate of drug-likeness (QED) is 0.584. The van der Waals surface area contributed by atoms with E-state index >= 15 is 0 Å². The Morgan fingerprint density at radius 1 is 1.31 bits per heavy atom. The number of ether oxygens (including phenoxy) is 2. The predicted octanol–water partition coefficient (Wildman–Crippen LogP) is 1.26. The van der Waals surface area contributed by atoms with Crippen LogP contribution < -0.4 is 25.4 Å². The molecular weight excluding hydrogens is 374 g/mol. The molecule has 1 spiro atoms. The summed E-state index contributed by atoms with van der Waals surface area (Å²) in [5, 5.41) is 17.8. The summed E-state index contributed by atoms with van der Waals surface area (Å²) >= 11 is 0. The van der Waals surface area contributed by atoms with Crippen LogP contribution in [0.5, 0.6) is 11.5 Å². The molecule has 0 saturated carbocycles. The molecule has 0 aliphatic carbocycles. The number of carbonyl (C=O) groups excluding carboxylic acids is 2. The molecule has 0 bridgehead atoms. The van der Waals surface area contributed by atoms with E-state index in [-0.39, 0.29) is 25.0 Å². The Morgan fingerprint density at radius 2 is 2.14 bits per heavy atom. The topological polar surface area (TPSA) is 109 Å². The molecule has 4 rings (SSSR count). The van der Waals surface area contributed by atoms with Crippen LogP contribution in [0.1, 0.15) is 12.0 Å². The summed E-state index contributed by atoms with van der Waals surface area (Å²) in [6, 6.07) is 12.0. The first-order chi connectivity index (χ1) is 14.1. The fourth-order valence-corrected chi connectivity index (χ4v) is 3.98. The Morgan fingerprint density at radius 3 is 2.93 bits per heavy atom. The van der Waals surface area contributed by atoms with Gasteiger partial charge in [-0.25, -0.2) is 0 Å². The number of aliphatic hydroxyl groups excluding tert-OH is 1. The molecule has 152 valence electrons. The smallest absolute Gasteiger partial charge is 0.247 e. The monoisotopic (exact) mass is 397 g/mol. The molecule has 8 heteroatoms. The van der Waals surface area contributed by atoms with Crippen LogP contribution in [0.3, 0.4) is 0 Å². The minimum absolute atomic E-state index is 0.0953. The van der Waals surface area contributed by atoms with Gasteiger partial charge < -0.3 is 30.5 Å². The molecule has 2 aromatic rings. The summed E-state index contributed by atoms with van der Waals surface area (Å²) in [6.45, 7) is 0.546. The van der Waals surface area contributed by atoms with Crippen molar-refractivity contribution in [3.63, 3.8) is 0 Å². The van der Waals surface area contributed by atoms with Crippen molar-refractivity contribution in [1.29, 1.82) is 0 Å². The molecule has 1 saturated heterocycles. The summed E-state index contributed by atoms with van der Waals surface area (Å²) in [5.74, 6) is 0.508. The average Bonchev–Trinajstić information content (AvgIpc) is 3.29. The number of anilines is 2. The molecule has 2 unspecified atom stereocenters. The summed E-state index contributed by atoms with van der Waals surface area (Å²) in [7, 11) is 1.49. The standard InChI is InChI=1S/C21H23N3O5/c1-28-18-10-13(29-9-8-25)6-7-16(18)23-19(26)17-11-21(20(27)24-17)12-22-15-5-3-2-4-14(15)21/h2-7,10,17,22,25H,8-9,11-12H2,1H3,(H,23,26)(H,24,27). The number of carbonyl (C=O) groups is 2. The van der Waals surface area contributed by atoms with Gasteiger partial charge in [-0.05, 0) is 30.2 Å². The maximum Gasteiger partial charge on any atom is 0.247 e. The minimum atomic E-state index is -0.731. The largest absolute Gasteiger partial charge is 0.494 e. The second-order valence-corrected chi connectivity index (χ2v) is 7.13. The number of hydrogen-bond acceptors (Lipinski definition) is 6. The zero-order chi connectivity index (χ0) is 20.4. The van der Waals surface area contributed by atoms with Crippen molar-refractivity contribution in [2.45, 2.75) is 17.9 Å². The van der Waals surface area contributed by atoms with Crippen molar-refractivity contribution in [2.75, 3.05) is 37.5 Å². The highest BCUT2D eigenvalue weighted by atomic mass is 16.5. The van der Waals surface area contributed by atoms with Gasteiger partial charge in [0.15, 0.2) is 0 Å². The fourth-order valence-electron chi connectivity index (χ4n) is 3.98. The number of fused-ring (bicyclic) bond motifs is 2. The summed E-state index contributed by atoms with van der Waals surface area (Å²) in [5.41, 5.74) is 1.61. The van der Waals surface area contributed by atoms with Crippen LogP contribution in [0, 0.1) is 0 Å². The predicted molar refractivity (Wildman–Crippen MR) is 107 cm³/mol. The normalized spacial score (nSPS) is 22.0. The Kier molecular flexibility index (Phi) is 5.02. The second kappa shape index (κ2) is 7.63. The van der Waals surface area contributed by atoms with Gasteiger partial charge in [-0.3, -0.25) is 9.59 Å². The van der Waals surface area contributed by atoms with Gasteiger partial charge in [0.2, 0.25) is 11.8 Å². The minimum Gasteiger partial charge on any atom is -0.494 e. The molecule has 2 aliphatic heterocycles. The van der Waals surface area contributed by atoms with E-state index in [0.29, 0.717) is 30.2 Å². The lowest BCUT2D eigenvalue weighted by atomic mass is 9.79. The summed E-state index contributed by atoms with van der Waals surface area (Å²) in [4.78, 5) is 25.7. The van der Waals surface area contributed by atoms with E-state index in [9.17, 15) is 9.59 Å². The molecule has 2 heterocycles. The van der Waals surface area contributed by atoms with Crippen molar-refractivity contribution in [3.05, 3.63) is 48.0 Å². The summed E-state index contributed by atoms with van der Waals surface area (Å²) < 4.78 is 10.7. The van der Waals surface area contributed by atoms with E-state index in [1.54, 1.807) is 18.2 Å². The number of methoxy groups -OCH3 is 1. The zero-order valence-electron chi connectivity index (χ0n) is 16.0. The van der Waals surface area contributed by atoms with Crippen LogP contribution in [0.25, 0.3) is 0 Å². The molecule has 2 aromatic carbocycles. The SMILES string of the molecule is COc1cc(OCCO)ccc1NC(=O)C1CC2(CNc3ccccc32)C(=O)N1. The summed E-state index contributed by atoms with van der Waals surface area (Å²) in [6.07, 6.45) is 0.377. The lowest BCUT2D eigenvalue weighted by Gasteiger charge is -2.19. The number of hydrogen-bond donors (Lipinski definition) is 4. The number of benzene rings is 2. The van der Waals surface area contributed by atoms with E-state index < -0.39 is 11.5 Å². The van der Waals surface area contributed by atoms with E-state index in [2.05, 4.69) is 16.0 Å². The third-order valence-corrected chi connectivity index (χ3v) is 5.42. The molecule has 8 nitrogen and oxygen atoms in total. The van der Waals surface area contributed by atoms with E-state index in [4.69, 9.17) is 14.6 Å². The molecule has 0 radical (unpaired) electrons. The highest BCUT2D eigenvalue weighted by Crippen LogP contribution is 2.43. The molecule has 1 fully saturated rings. The van der Waals surface area contributed by atoms with Gasteiger partial charge in [-0.15, -0.1) is 0 Å². The van der Waals surface area contributed by atoms with E-state index in [1.165, 1.54) is 7.11 Å². The highest BCUT2D eigenvalue weighted by molar-refractivity contribution is 6.04. The van der Waals surface area contributed by atoms with Crippen molar-refractivity contribution in [1.82, 2.24) is 5.32 Å². The van der Waals surface area contributed by atoms with Gasteiger partial charge in [0.25, 0.3) is 0 Å². The Balaban J connectivity index is 1.50. The fraction of sp³-hybridized carbons (Fsp3) is 0.333. The molecule has 0 aromatic heterocycles. The van der Waals surface area contributed by atoms with Gasteiger partial charge in [-0.2, -0.15) is 0 Å². The van der Waals surface area contributed by atoms with Crippen molar-refractivity contribution in [3.8, 4) is 11.5 Å². The van der Waals surface area contributed by atoms with Crippen molar-refractivity contribution < 1.29 is 24.2 Å². The first-order valence-electron chi connectivity index (χ1n) is 9.44. The molecular formula is C21H23N3O5. The van der Waals surface area contributed by atoms with E-state index in [1.807, 2.05) is 24.3 Å². The Bertz CT molecular complexity index is 948. The van der Waals surface area contributed by atoms with E-state index in [0.717, 1.165) is 11.3 Å². The third kappa shape index (κ3) is 3.36. The van der Waals surface area contributed by atoms with Crippen molar-refractivity contribution in [2.24, 2.45) is 0 Å². The van der Waals surface area contributed by atoms with Gasteiger partial charge >= 0.3 is 0 Å². The van der Waals surface area contributed by atoms with Gasteiger partial charge in [0.05, 0.1) is 24.8 Å². The first kappa shape index (κ1) is 19.1. The third-order valence-electron chi connectivity index (χ3n) is 5.42. The van der Waals surface area contributed by atoms with Gasteiger partial charge in [0, 0.05) is 18.3 Å². The van der Waals surface area contributed by atoms with Gasteiger partial charge in [-0.1, -0.05) is 18.2 Å². The van der Waals surface area contributed by atoms with Gasteiger partial charge in [0.1, 0.15) is 24.1 Å². The maximum atomic E-state index is 12.9. The number of rotatable bonds is 6. The highest BCUT2D eigenvalue weighted by Gasteiger charge is 2.53.